The number of rotatable bonds is 8. The molecule has 0 rings (SSSR count). The number of hydrogen-bond donors (Lipinski definition) is 0. The van der Waals surface area contributed by atoms with Gasteiger partial charge in [-0.3, -0.25) is 0 Å². The van der Waals surface area contributed by atoms with E-state index in [1.54, 1.807) is 0 Å². The number of carbonyl (C=O) groups is 1. The van der Waals surface area contributed by atoms with Crippen LogP contribution in [-0.4, -0.2) is 13.1 Å². The van der Waals surface area contributed by atoms with Crippen LogP contribution in [0, 0.1) is 11.3 Å². The molecule has 0 aromatic heterocycles. The van der Waals surface area contributed by atoms with Crippen LogP contribution in [-0.2, 0) is 9.53 Å². The summed E-state index contributed by atoms with van der Waals surface area (Å²) in [4.78, 5) is 10.7. The lowest BCUT2D eigenvalue weighted by Crippen LogP contribution is -1.93. The maximum atomic E-state index is 10.7. The molecule has 0 aliphatic rings. The summed E-state index contributed by atoms with van der Waals surface area (Å²) >= 11 is 0. The molecule has 0 amide bonds. The predicted molar refractivity (Wildman–Crippen MR) is 59.1 cm³/mol. The number of nitriles is 1. The van der Waals surface area contributed by atoms with Gasteiger partial charge in [0, 0.05) is 12.5 Å². The number of carbonyl (C=O) groups excluding carboxylic acids is 1. The van der Waals surface area contributed by atoms with Gasteiger partial charge in [-0.25, -0.2) is 4.79 Å². The van der Waals surface area contributed by atoms with Gasteiger partial charge >= 0.3 is 5.97 Å². The Morgan fingerprint density at radius 1 is 1.27 bits per heavy atom. The van der Waals surface area contributed by atoms with Gasteiger partial charge in [-0.05, 0) is 19.3 Å². The lowest BCUT2D eigenvalue weighted by Gasteiger charge is -1.96. The molecule has 0 aliphatic heterocycles. The molecule has 3 heteroatoms. The van der Waals surface area contributed by atoms with Gasteiger partial charge in [0.15, 0.2) is 0 Å². The van der Waals surface area contributed by atoms with Crippen LogP contribution >= 0.6 is 0 Å². The second kappa shape index (κ2) is 10.8. The Kier molecular flexibility index (Phi) is 9.84. The van der Waals surface area contributed by atoms with Crippen LogP contribution in [0.3, 0.4) is 0 Å². The molecule has 0 spiro atoms. The van der Waals surface area contributed by atoms with Crippen molar-refractivity contribution >= 4 is 5.97 Å². The van der Waals surface area contributed by atoms with Crippen molar-refractivity contribution in [2.24, 2.45) is 0 Å². The molecule has 15 heavy (non-hydrogen) atoms. The van der Waals surface area contributed by atoms with Crippen LogP contribution in [0.2, 0.25) is 0 Å². The Hall–Kier alpha value is -1.30. The molecule has 3 nitrogen and oxygen atoms in total. The minimum Gasteiger partial charge on any atom is -0.466 e. The average Bonchev–Trinajstić information content (AvgIpc) is 2.26. The van der Waals surface area contributed by atoms with Gasteiger partial charge in [0.05, 0.1) is 13.2 Å². The third-order valence-corrected chi connectivity index (χ3v) is 2.11. The zero-order valence-corrected chi connectivity index (χ0v) is 9.37. The summed E-state index contributed by atoms with van der Waals surface area (Å²) in [5, 5.41) is 8.31. The molecule has 0 aromatic rings. The highest BCUT2D eigenvalue weighted by Crippen LogP contribution is 2.07. The Morgan fingerprint density at radius 3 is 2.60 bits per heavy atom. The van der Waals surface area contributed by atoms with E-state index in [9.17, 15) is 4.79 Å². The van der Waals surface area contributed by atoms with Crippen molar-refractivity contribution in [2.75, 3.05) is 7.11 Å². The topological polar surface area (TPSA) is 50.1 Å². The standard InChI is InChI=1S/C12H19NO2/c1-15-12(14)10-8-6-4-2-3-5-7-9-11-13/h8,10H,2-7,9H2,1H3/b10-8-. The maximum Gasteiger partial charge on any atom is 0.330 e. The molecule has 0 radical (unpaired) electrons. The molecular formula is C12H19NO2. The Labute approximate surface area is 91.7 Å². The van der Waals surface area contributed by atoms with E-state index < -0.39 is 0 Å². The van der Waals surface area contributed by atoms with Crippen LogP contribution in [0.4, 0.5) is 0 Å². The first-order valence-corrected chi connectivity index (χ1v) is 5.42. The summed E-state index contributed by atoms with van der Waals surface area (Å²) < 4.78 is 4.47. The second-order valence-corrected chi connectivity index (χ2v) is 3.39. The SMILES string of the molecule is COC(=O)/C=C\CCCCCCCC#N. The molecule has 0 aromatic carbocycles. The summed E-state index contributed by atoms with van der Waals surface area (Å²) in [7, 11) is 1.38. The van der Waals surface area contributed by atoms with Gasteiger partial charge < -0.3 is 4.74 Å². The first-order chi connectivity index (χ1) is 7.31. The number of esters is 1. The van der Waals surface area contributed by atoms with E-state index in [0.717, 1.165) is 32.1 Å². The van der Waals surface area contributed by atoms with Crippen molar-refractivity contribution in [3.63, 3.8) is 0 Å². The van der Waals surface area contributed by atoms with Gasteiger partial charge in [-0.2, -0.15) is 5.26 Å². The van der Waals surface area contributed by atoms with Crippen LogP contribution < -0.4 is 0 Å². The fraction of sp³-hybridized carbons (Fsp3) is 0.667. The monoisotopic (exact) mass is 209 g/mol. The number of allylic oxidation sites excluding steroid dienone is 1. The Bertz CT molecular complexity index is 228. The summed E-state index contributed by atoms with van der Waals surface area (Å²) in [5.41, 5.74) is 0. The van der Waals surface area contributed by atoms with Crippen molar-refractivity contribution in [3.05, 3.63) is 12.2 Å². The molecule has 0 fully saturated rings. The Balaban J connectivity index is 3.15. The summed E-state index contributed by atoms with van der Waals surface area (Å²) in [6.45, 7) is 0. The third kappa shape index (κ3) is 10.6. The van der Waals surface area contributed by atoms with Crippen LogP contribution in [0.25, 0.3) is 0 Å². The number of hydrogen-bond acceptors (Lipinski definition) is 3. The van der Waals surface area contributed by atoms with E-state index in [2.05, 4.69) is 10.8 Å². The van der Waals surface area contributed by atoms with Crippen molar-refractivity contribution < 1.29 is 9.53 Å². The number of nitrogens with zero attached hydrogens (tertiary/aromatic N) is 1. The molecule has 0 unspecified atom stereocenters. The van der Waals surface area contributed by atoms with Crippen LogP contribution in [0.5, 0.6) is 0 Å². The van der Waals surface area contributed by atoms with Crippen molar-refractivity contribution in [1.82, 2.24) is 0 Å². The highest BCUT2D eigenvalue weighted by Gasteiger charge is 1.91. The van der Waals surface area contributed by atoms with Gasteiger partial charge in [0.25, 0.3) is 0 Å². The van der Waals surface area contributed by atoms with Gasteiger partial charge in [-0.1, -0.05) is 25.3 Å². The molecule has 0 bridgehead atoms. The molecule has 84 valence electrons. The maximum absolute atomic E-state index is 10.7. The molecule has 0 saturated carbocycles. The number of methoxy groups -OCH3 is 1. The van der Waals surface area contributed by atoms with E-state index >= 15 is 0 Å². The summed E-state index contributed by atoms with van der Waals surface area (Å²) in [6.07, 6.45) is 10.5. The van der Waals surface area contributed by atoms with E-state index in [-0.39, 0.29) is 5.97 Å². The van der Waals surface area contributed by atoms with Crippen molar-refractivity contribution in [3.8, 4) is 6.07 Å². The zero-order chi connectivity index (χ0) is 11.4. The predicted octanol–water partition coefficient (Wildman–Crippen LogP) is 2.97. The molecule has 0 aliphatic carbocycles. The van der Waals surface area contributed by atoms with Gasteiger partial charge in [0.1, 0.15) is 0 Å². The second-order valence-electron chi connectivity index (χ2n) is 3.39. The average molecular weight is 209 g/mol. The smallest absolute Gasteiger partial charge is 0.330 e. The van der Waals surface area contributed by atoms with E-state index in [1.807, 2.05) is 6.08 Å². The van der Waals surface area contributed by atoms with E-state index in [0.29, 0.717) is 6.42 Å². The molecule has 0 N–H and O–H groups in total. The van der Waals surface area contributed by atoms with Crippen molar-refractivity contribution in [1.29, 1.82) is 5.26 Å². The number of ether oxygens (including phenoxy) is 1. The molecule has 0 atom stereocenters. The minimum absolute atomic E-state index is 0.288. The van der Waals surface area contributed by atoms with Gasteiger partial charge in [0.2, 0.25) is 0 Å². The summed E-state index contributed by atoms with van der Waals surface area (Å²) in [6, 6.07) is 2.14. The zero-order valence-electron chi connectivity index (χ0n) is 9.37. The normalized spacial score (nSPS) is 10.1. The highest BCUT2D eigenvalue weighted by atomic mass is 16.5. The van der Waals surface area contributed by atoms with Crippen molar-refractivity contribution in [2.45, 2.75) is 44.9 Å². The first kappa shape index (κ1) is 13.7. The first-order valence-electron chi connectivity index (χ1n) is 5.42. The van der Waals surface area contributed by atoms with Crippen LogP contribution in [0.1, 0.15) is 44.9 Å². The quantitative estimate of drug-likeness (QED) is 0.351. The van der Waals surface area contributed by atoms with E-state index in [1.165, 1.54) is 19.6 Å². The lowest BCUT2D eigenvalue weighted by molar-refractivity contribution is -0.134. The highest BCUT2D eigenvalue weighted by molar-refractivity contribution is 5.81. The minimum atomic E-state index is -0.288. The Morgan fingerprint density at radius 2 is 1.93 bits per heavy atom. The largest absolute Gasteiger partial charge is 0.466 e. The fourth-order valence-corrected chi connectivity index (χ4v) is 1.24. The molecular weight excluding hydrogens is 190 g/mol. The molecule has 0 heterocycles. The third-order valence-electron chi connectivity index (χ3n) is 2.11. The number of unbranched alkanes of at least 4 members (excludes halogenated alkanes) is 6. The van der Waals surface area contributed by atoms with E-state index in [4.69, 9.17) is 5.26 Å². The van der Waals surface area contributed by atoms with Crippen LogP contribution in [0.15, 0.2) is 12.2 Å². The lowest BCUT2D eigenvalue weighted by atomic mass is 10.1. The summed E-state index contributed by atoms with van der Waals surface area (Å²) in [5.74, 6) is -0.288. The van der Waals surface area contributed by atoms with Gasteiger partial charge in [-0.15, -0.1) is 0 Å². The fourth-order valence-electron chi connectivity index (χ4n) is 1.24. The molecule has 0 saturated heterocycles.